The second-order valence-electron chi connectivity index (χ2n) is 8.54. The van der Waals surface area contributed by atoms with Gasteiger partial charge in [-0.05, 0) is 72.9 Å². The van der Waals surface area contributed by atoms with Crippen molar-refractivity contribution < 1.29 is 9.53 Å². The first-order chi connectivity index (χ1) is 18.4. The van der Waals surface area contributed by atoms with Gasteiger partial charge in [0, 0.05) is 35.9 Å². The predicted molar refractivity (Wildman–Crippen MR) is 156 cm³/mol. The van der Waals surface area contributed by atoms with Gasteiger partial charge in [-0.1, -0.05) is 40.9 Å². The van der Waals surface area contributed by atoms with Crippen LogP contribution in [0, 0.1) is 0 Å². The average Bonchev–Trinajstić information content (AvgIpc) is 3.50. The van der Waals surface area contributed by atoms with Gasteiger partial charge in [0.15, 0.2) is 5.11 Å². The molecule has 1 aliphatic heterocycles. The molecule has 11 heteroatoms. The molecule has 38 heavy (non-hydrogen) atoms. The number of hydrogen-bond acceptors (Lipinski definition) is 4. The zero-order valence-electron chi connectivity index (χ0n) is 20.1. The zero-order chi connectivity index (χ0) is 26.8. The summed E-state index contributed by atoms with van der Waals surface area (Å²) in [5.41, 5.74) is 3.75. The van der Waals surface area contributed by atoms with E-state index in [1.807, 2.05) is 58.1 Å². The maximum atomic E-state index is 12.0. The molecule has 2 atom stereocenters. The minimum Gasteiger partial charge on any atom is -0.375 e. The molecule has 1 aliphatic rings. The predicted octanol–water partition coefficient (Wildman–Crippen LogP) is 6.59. The Balaban J connectivity index is 1.60. The fraction of sp³-hybridized carbons (Fsp3) is 0.148. The molecule has 7 nitrogen and oxygen atoms in total. The highest BCUT2D eigenvalue weighted by molar-refractivity contribution is 7.80. The van der Waals surface area contributed by atoms with Crippen LogP contribution in [0.2, 0.25) is 15.1 Å². The fourth-order valence-electron chi connectivity index (χ4n) is 4.54. The molecule has 1 fully saturated rings. The number of thiocarbonyl (C=S) groups is 1. The highest BCUT2D eigenvalue weighted by Crippen LogP contribution is 2.44. The number of hydrogen-bond donors (Lipinski definition) is 2. The van der Waals surface area contributed by atoms with Crippen LogP contribution in [-0.4, -0.2) is 34.3 Å². The smallest absolute Gasteiger partial charge is 0.250 e. The van der Waals surface area contributed by atoms with Gasteiger partial charge in [0.05, 0.1) is 33.2 Å². The van der Waals surface area contributed by atoms with Crippen LogP contribution in [0.15, 0.2) is 79.1 Å². The Morgan fingerprint density at radius 2 is 1.92 bits per heavy atom. The molecular formula is C27H22Cl3N5O2S. The third kappa shape index (κ3) is 5.23. The van der Waals surface area contributed by atoms with Crippen LogP contribution in [0.3, 0.4) is 0 Å². The lowest BCUT2D eigenvalue weighted by atomic mass is 10.0. The molecule has 5 rings (SSSR count). The summed E-state index contributed by atoms with van der Waals surface area (Å²) in [7, 11) is 1.46. The quantitative estimate of drug-likeness (QED) is 0.238. The van der Waals surface area contributed by atoms with Crippen LogP contribution in [-0.2, 0) is 9.53 Å². The van der Waals surface area contributed by atoms with Crippen molar-refractivity contribution in [2.24, 2.45) is 0 Å². The minimum atomic E-state index is -0.316. The van der Waals surface area contributed by atoms with E-state index in [2.05, 4.69) is 15.6 Å². The molecule has 1 amide bonds. The van der Waals surface area contributed by atoms with Gasteiger partial charge in [-0.2, -0.15) is 0 Å². The van der Waals surface area contributed by atoms with Gasteiger partial charge in [-0.3, -0.25) is 9.78 Å². The largest absolute Gasteiger partial charge is 0.375 e. The molecule has 0 bridgehead atoms. The molecule has 2 N–H and O–H groups in total. The van der Waals surface area contributed by atoms with Crippen molar-refractivity contribution in [3.63, 3.8) is 0 Å². The molecule has 2 aromatic carbocycles. The number of carbonyl (C=O) groups excluding carboxylic acids is 1. The van der Waals surface area contributed by atoms with Crippen molar-refractivity contribution in [3.05, 3.63) is 106 Å². The lowest BCUT2D eigenvalue weighted by molar-refractivity contribution is -0.119. The summed E-state index contributed by atoms with van der Waals surface area (Å²) >= 11 is 25.2. The Labute approximate surface area is 240 Å². The van der Waals surface area contributed by atoms with Gasteiger partial charge in [-0.25, -0.2) is 0 Å². The standard InChI is InChI=1S/C27H22Cl3N5O2S/c1-37-15-24(36)32-20-9-8-17(14-18(20)29)35-26(25(33-27(35)38)21-5-2-3-11-31-21)23-6-4-12-34(23)22-10-7-16(28)13-19(22)30/h2-14,25-26H,15H2,1H3,(H,32,36)(H,33,38)/t25-,26-/m1/s1. The molecule has 194 valence electrons. The molecule has 0 radical (unpaired) electrons. The normalized spacial score (nSPS) is 16.9. The zero-order valence-corrected chi connectivity index (χ0v) is 23.2. The topological polar surface area (TPSA) is 71.4 Å². The number of amides is 1. The molecule has 3 heterocycles. The van der Waals surface area contributed by atoms with E-state index in [1.54, 1.807) is 30.5 Å². The van der Waals surface area contributed by atoms with E-state index >= 15 is 0 Å². The van der Waals surface area contributed by atoms with Gasteiger partial charge in [-0.15, -0.1) is 0 Å². The van der Waals surface area contributed by atoms with E-state index in [0.717, 1.165) is 22.8 Å². The Morgan fingerprint density at radius 3 is 2.63 bits per heavy atom. The number of carbonyl (C=O) groups is 1. The van der Waals surface area contributed by atoms with Gasteiger partial charge in [0.1, 0.15) is 12.6 Å². The van der Waals surface area contributed by atoms with Gasteiger partial charge >= 0.3 is 0 Å². The second-order valence-corrected chi connectivity index (χ2v) is 10.2. The van der Waals surface area contributed by atoms with Crippen molar-refractivity contribution in [2.45, 2.75) is 12.1 Å². The van der Waals surface area contributed by atoms with Crippen LogP contribution in [0.4, 0.5) is 11.4 Å². The van der Waals surface area contributed by atoms with E-state index in [4.69, 9.17) is 51.8 Å². The highest BCUT2D eigenvalue weighted by Gasteiger charge is 2.42. The summed E-state index contributed by atoms with van der Waals surface area (Å²) in [5, 5.41) is 8.14. The number of aromatic nitrogens is 2. The summed E-state index contributed by atoms with van der Waals surface area (Å²) in [6.07, 6.45) is 3.70. The first-order valence-electron chi connectivity index (χ1n) is 11.6. The Hall–Kier alpha value is -3.14. The maximum absolute atomic E-state index is 12.0. The van der Waals surface area contributed by atoms with E-state index in [0.29, 0.717) is 25.9 Å². The van der Waals surface area contributed by atoms with Crippen LogP contribution in [0.1, 0.15) is 23.5 Å². The third-order valence-corrected chi connectivity index (χ3v) is 7.30. The van der Waals surface area contributed by atoms with Crippen molar-refractivity contribution in [2.75, 3.05) is 23.9 Å². The summed E-state index contributed by atoms with van der Waals surface area (Å²) < 4.78 is 6.91. The lowest BCUT2D eigenvalue weighted by Crippen LogP contribution is -2.30. The fourth-order valence-corrected chi connectivity index (χ4v) is 5.60. The number of nitrogens with one attached hydrogen (secondary N) is 2. The lowest BCUT2D eigenvalue weighted by Gasteiger charge is -2.29. The summed E-state index contributed by atoms with van der Waals surface area (Å²) in [6.45, 7) is -0.0731. The number of rotatable bonds is 7. The van der Waals surface area contributed by atoms with Gasteiger partial charge < -0.3 is 24.8 Å². The van der Waals surface area contributed by atoms with E-state index in [-0.39, 0.29) is 24.6 Å². The van der Waals surface area contributed by atoms with Crippen LogP contribution < -0.4 is 15.5 Å². The SMILES string of the molecule is COCC(=O)Nc1ccc(N2C(=S)N[C@H](c3ccccn3)[C@H]2c2cccn2-c2ccc(Cl)cc2Cl)cc1Cl. The van der Waals surface area contributed by atoms with Crippen molar-refractivity contribution in [1.29, 1.82) is 0 Å². The summed E-state index contributed by atoms with van der Waals surface area (Å²) in [4.78, 5) is 18.6. The number of nitrogens with zero attached hydrogens (tertiary/aromatic N) is 3. The van der Waals surface area contributed by atoms with Crippen molar-refractivity contribution in [1.82, 2.24) is 14.9 Å². The van der Waals surface area contributed by atoms with Crippen LogP contribution in [0.25, 0.3) is 5.69 Å². The van der Waals surface area contributed by atoms with E-state index in [9.17, 15) is 4.79 Å². The number of pyridine rings is 1. The molecule has 0 saturated carbocycles. The molecule has 4 aromatic rings. The summed E-state index contributed by atoms with van der Waals surface area (Å²) in [5.74, 6) is -0.300. The van der Waals surface area contributed by atoms with Gasteiger partial charge in [0.2, 0.25) is 5.91 Å². The molecule has 0 aliphatic carbocycles. The van der Waals surface area contributed by atoms with Gasteiger partial charge in [0.25, 0.3) is 0 Å². The second kappa shape index (κ2) is 11.3. The number of anilines is 2. The number of ether oxygens (including phenoxy) is 1. The monoisotopic (exact) mass is 585 g/mol. The number of methoxy groups -OCH3 is 1. The number of halogens is 3. The third-order valence-electron chi connectivity index (χ3n) is 6.13. The minimum absolute atomic E-state index is 0.0731. The molecular weight excluding hydrogens is 565 g/mol. The van der Waals surface area contributed by atoms with Crippen molar-refractivity contribution in [3.8, 4) is 5.69 Å². The Bertz CT molecular complexity index is 1500. The Morgan fingerprint density at radius 1 is 1.08 bits per heavy atom. The van der Waals surface area contributed by atoms with Crippen LogP contribution in [0.5, 0.6) is 0 Å². The molecule has 1 saturated heterocycles. The Kier molecular flexibility index (Phi) is 7.88. The summed E-state index contributed by atoms with van der Waals surface area (Å²) in [6, 6.07) is 19.9. The molecule has 0 spiro atoms. The first-order valence-corrected chi connectivity index (χ1v) is 13.1. The average molecular weight is 587 g/mol. The van der Waals surface area contributed by atoms with E-state index < -0.39 is 0 Å². The molecule has 2 aromatic heterocycles. The highest BCUT2D eigenvalue weighted by atomic mass is 35.5. The van der Waals surface area contributed by atoms with Crippen molar-refractivity contribution >= 4 is 69.4 Å². The maximum Gasteiger partial charge on any atom is 0.250 e. The van der Waals surface area contributed by atoms with Crippen LogP contribution >= 0.6 is 47.0 Å². The van der Waals surface area contributed by atoms with E-state index in [1.165, 1.54) is 7.11 Å². The first kappa shape index (κ1) is 26.5. The number of benzene rings is 2. The molecule has 0 unspecified atom stereocenters.